The molecule has 0 saturated carbocycles. The SMILES string of the molecule is CC(C)O[P@@]1(=O)OC[C@H]2O[C@@H](n3cnc4c(Cl)nc(N)nc43)[C@](C)(F)[C@@H]2O1. The van der Waals surface area contributed by atoms with Gasteiger partial charge in [-0.05, 0) is 20.8 Å². The van der Waals surface area contributed by atoms with Crippen molar-refractivity contribution in [3.8, 4) is 0 Å². The van der Waals surface area contributed by atoms with Gasteiger partial charge in [0, 0.05) is 0 Å². The predicted molar refractivity (Wildman–Crippen MR) is 92.8 cm³/mol. The average molecular weight is 422 g/mol. The second-order valence-corrected chi connectivity index (χ2v) is 8.73. The smallest absolute Gasteiger partial charge is 0.368 e. The number of fused-ring (bicyclic) bond motifs is 2. The zero-order valence-electron chi connectivity index (χ0n) is 14.7. The summed E-state index contributed by atoms with van der Waals surface area (Å²) in [6.07, 6.45) is -2.24. The van der Waals surface area contributed by atoms with E-state index in [0.717, 1.165) is 0 Å². The maximum Gasteiger partial charge on any atom is 0.475 e. The first kappa shape index (κ1) is 19.0. The van der Waals surface area contributed by atoms with Crippen molar-refractivity contribution in [2.45, 2.75) is 51.0 Å². The molecule has 0 radical (unpaired) electrons. The van der Waals surface area contributed by atoms with E-state index in [1.54, 1.807) is 13.8 Å². The molecule has 5 atom stereocenters. The number of hydrogen-bond acceptors (Lipinski definition) is 9. The molecule has 0 amide bonds. The normalized spacial score (nSPS) is 36.4. The van der Waals surface area contributed by atoms with Gasteiger partial charge in [-0.1, -0.05) is 11.6 Å². The third-order valence-electron chi connectivity index (χ3n) is 4.31. The maximum absolute atomic E-state index is 15.7. The Hall–Kier alpha value is -1.36. The van der Waals surface area contributed by atoms with Crippen molar-refractivity contribution >= 4 is 36.5 Å². The number of alkyl halides is 1. The summed E-state index contributed by atoms with van der Waals surface area (Å²) in [5, 5.41) is 0.0432. The van der Waals surface area contributed by atoms with Crippen LogP contribution in [0.2, 0.25) is 5.15 Å². The highest BCUT2D eigenvalue weighted by atomic mass is 35.5. The van der Waals surface area contributed by atoms with Crippen LogP contribution < -0.4 is 5.73 Å². The van der Waals surface area contributed by atoms with Crippen LogP contribution in [0.3, 0.4) is 0 Å². The Morgan fingerprint density at radius 2 is 2.26 bits per heavy atom. The average Bonchev–Trinajstić information content (AvgIpc) is 3.05. The zero-order valence-corrected chi connectivity index (χ0v) is 16.4. The zero-order chi connectivity index (χ0) is 19.6. The second-order valence-electron chi connectivity index (χ2n) is 6.80. The number of nitrogens with two attached hydrogens (primary N) is 1. The summed E-state index contributed by atoms with van der Waals surface area (Å²) < 4.78 is 51.3. The van der Waals surface area contributed by atoms with E-state index in [9.17, 15) is 4.57 Å². The number of hydrogen-bond donors (Lipinski definition) is 1. The van der Waals surface area contributed by atoms with Gasteiger partial charge in [0.1, 0.15) is 17.7 Å². The number of anilines is 1. The molecule has 148 valence electrons. The van der Waals surface area contributed by atoms with Crippen molar-refractivity contribution in [3.63, 3.8) is 0 Å². The molecular formula is C14H18ClFN5O5P. The van der Waals surface area contributed by atoms with E-state index in [1.807, 2.05) is 0 Å². The summed E-state index contributed by atoms with van der Waals surface area (Å²) in [5.41, 5.74) is 4.01. The number of imidazole rings is 1. The highest BCUT2D eigenvalue weighted by Gasteiger charge is 2.61. The van der Waals surface area contributed by atoms with Crippen molar-refractivity contribution < 1.29 is 27.3 Å². The fraction of sp³-hybridized carbons (Fsp3) is 0.643. The molecule has 0 bridgehead atoms. The Morgan fingerprint density at radius 1 is 1.52 bits per heavy atom. The molecule has 2 aromatic heterocycles. The number of rotatable bonds is 3. The largest absolute Gasteiger partial charge is 0.475 e. The molecule has 0 aromatic carbocycles. The van der Waals surface area contributed by atoms with Crippen LogP contribution in [0.25, 0.3) is 11.2 Å². The third kappa shape index (κ3) is 3.12. The van der Waals surface area contributed by atoms with Gasteiger partial charge in [0.15, 0.2) is 22.7 Å². The van der Waals surface area contributed by atoms with Gasteiger partial charge < -0.3 is 10.5 Å². The van der Waals surface area contributed by atoms with Crippen LogP contribution in [0.4, 0.5) is 10.3 Å². The summed E-state index contributed by atoms with van der Waals surface area (Å²) in [4.78, 5) is 12.0. The second kappa shape index (κ2) is 6.33. The van der Waals surface area contributed by atoms with E-state index >= 15 is 4.39 Å². The van der Waals surface area contributed by atoms with E-state index in [4.69, 9.17) is 35.6 Å². The minimum atomic E-state index is -3.90. The summed E-state index contributed by atoms with van der Waals surface area (Å²) in [6, 6.07) is 0. The molecule has 2 aliphatic heterocycles. The molecule has 0 unspecified atom stereocenters. The molecule has 2 fully saturated rings. The van der Waals surface area contributed by atoms with Gasteiger partial charge in [-0.25, -0.2) is 13.9 Å². The van der Waals surface area contributed by atoms with Crippen LogP contribution in [0.15, 0.2) is 6.33 Å². The summed E-state index contributed by atoms with van der Waals surface area (Å²) in [7, 11) is -3.90. The third-order valence-corrected chi connectivity index (χ3v) is 6.20. The summed E-state index contributed by atoms with van der Waals surface area (Å²) in [6.45, 7) is 4.49. The summed E-state index contributed by atoms with van der Waals surface area (Å²) >= 11 is 6.02. The van der Waals surface area contributed by atoms with Crippen molar-refractivity contribution in [1.29, 1.82) is 0 Å². The molecule has 2 saturated heterocycles. The Kier molecular flexibility index (Phi) is 4.45. The first-order chi connectivity index (χ1) is 12.6. The summed E-state index contributed by atoms with van der Waals surface area (Å²) in [5.74, 6) is -0.0837. The lowest BCUT2D eigenvalue weighted by atomic mass is 9.98. The van der Waals surface area contributed by atoms with Crippen LogP contribution in [-0.2, 0) is 22.9 Å². The molecule has 0 spiro atoms. The fourth-order valence-electron chi connectivity index (χ4n) is 3.23. The Morgan fingerprint density at radius 3 is 2.96 bits per heavy atom. The molecule has 27 heavy (non-hydrogen) atoms. The van der Waals surface area contributed by atoms with Crippen molar-refractivity contribution in [2.24, 2.45) is 0 Å². The lowest BCUT2D eigenvalue weighted by Crippen LogP contribution is -2.45. The minimum absolute atomic E-state index is 0.0432. The lowest BCUT2D eigenvalue weighted by molar-refractivity contribution is -0.0733. The number of aromatic nitrogens is 4. The van der Waals surface area contributed by atoms with Gasteiger partial charge in [-0.2, -0.15) is 9.97 Å². The van der Waals surface area contributed by atoms with Gasteiger partial charge in [0.05, 0.1) is 19.0 Å². The number of nitrogen functional groups attached to an aromatic ring is 1. The molecular weight excluding hydrogens is 404 g/mol. The van der Waals surface area contributed by atoms with Crippen molar-refractivity contribution in [2.75, 3.05) is 12.3 Å². The van der Waals surface area contributed by atoms with Crippen molar-refractivity contribution in [1.82, 2.24) is 19.5 Å². The molecule has 2 aliphatic rings. The number of nitrogens with zero attached hydrogens (tertiary/aromatic N) is 4. The van der Waals surface area contributed by atoms with E-state index in [-0.39, 0.29) is 28.9 Å². The Labute approximate surface area is 158 Å². The first-order valence-electron chi connectivity index (χ1n) is 8.22. The maximum atomic E-state index is 15.7. The van der Waals surface area contributed by atoms with E-state index in [1.165, 1.54) is 17.8 Å². The molecule has 2 N–H and O–H groups in total. The monoisotopic (exact) mass is 421 g/mol. The number of ether oxygens (including phenoxy) is 1. The topological polar surface area (TPSA) is 124 Å². The Balaban J connectivity index is 1.70. The van der Waals surface area contributed by atoms with Crippen LogP contribution in [-0.4, -0.2) is 50.1 Å². The molecule has 4 rings (SSSR count). The highest BCUT2D eigenvalue weighted by molar-refractivity contribution is 7.48. The molecule has 4 heterocycles. The van der Waals surface area contributed by atoms with E-state index in [2.05, 4.69) is 15.0 Å². The van der Waals surface area contributed by atoms with Gasteiger partial charge in [0.2, 0.25) is 5.95 Å². The predicted octanol–water partition coefficient (Wildman–Crippen LogP) is 2.64. The number of halogens is 2. The fourth-order valence-corrected chi connectivity index (χ4v) is 5.08. The first-order valence-corrected chi connectivity index (χ1v) is 10.1. The van der Waals surface area contributed by atoms with Gasteiger partial charge in [0.25, 0.3) is 0 Å². The molecule has 13 heteroatoms. The Bertz CT molecular complexity index is 940. The van der Waals surface area contributed by atoms with Gasteiger partial charge in [-0.3, -0.25) is 18.1 Å². The molecule has 0 aliphatic carbocycles. The lowest BCUT2D eigenvalue weighted by Gasteiger charge is -2.34. The van der Waals surface area contributed by atoms with Crippen LogP contribution in [0, 0.1) is 0 Å². The van der Waals surface area contributed by atoms with E-state index < -0.39 is 38.0 Å². The van der Waals surface area contributed by atoms with Crippen molar-refractivity contribution in [3.05, 3.63) is 11.5 Å². The van der Waals surface area contributed by atoms with Crippen LogP contribution >= 0.6 is 19.4 Å². The standard InChI is InChI=1S/C14H18ClFN5O5P/c1-6(2)25-27(22)23-4-7-9(26-27)14(3,16)12(24-7)21-5-18-8-10(15)19-13(17)20-11(8)21/h5-7,9,12H,4H2,1-3H3,(H2,17,19,20)/t7-,9-,12-,14-,27-/m1/s1. The highest BCUT2D eigenvalue weighted by Crippen LogP contribution is 2.60. The van der Waals surface area contributed by atoms with Crippen LogP contribution in [0.1, 0.15) is 27.0 Å². The molecule has 2 aromatic rings. The number of phosphoric acid groups is 1. The van der Waals surface area contributed by atoms with Gasteiger partial charge in [-0.15, -0.1) is 0 Å². The van der Waals surface area contributed by atoms with Gasteiger partial charge >= 0.3 is 7.82 Å². The van der Waals surface area contributed by atoms with E-state index in [0.29, 0.717) is 0 Å². The number of phosphoric ester groups is 1. The minimum Gasteiger partial charge on any atom is -0.368 e. The quantitative estimate of drug-likeness (QED) is 0.588. The molecule has 10 nitrogen and oxygen atoms in total. The van der Waals surface area contributed by atoms with Crippen LogP contribution in [0.5, 0.6) is 0 Å².